The smallest absolute Gasteiger partial charge is 0.306 e. The van der Waals surface area contributed by atoms with Crippen molar-refractivity contribution in [2.45, 2.75) is 51.4 Å². The van der Waals surface area contributed by atoms with Crippen LogP contribution in [0.25, 0.3) is 17.0 Å². The molecule has 4 bridgehead atoms. The van der Waals surface area contributed by atoms with E-state index in [2.05, 4.69) is 17.0 Å². The second-order valence-electron chi connectivity index (χ2n) is 11.1. The molecule has 0 atom stereocenters. The molecule has 1 N–H and O–H groups in total. The fourth-order valence-corrected chi connectivity index (χ4v) is 7.59. The number of allylic oxidation sites excluding steroid dienone is 1. The van der Waals surface area contributed by atoms with E-state index in [0.717, 1.165) is 59.3 Å². The zero-order chi connectivity index (χ0) is 22.6. The molecule has 7 rings (SSSR count). The fourth-order valence-electron chi connectivity index (χ4n) is 7.59. The molecule has 2 aromatic rings. The van der Waals surface area contributed by atoms with Gasteiger partial charge in [-0.3, -0.25) is 9.59 Å². The summed E-state index contributed by atoms with van der Waals surface area (Å²) in [6.45, 7) is 1.35. The average Bonchev–Trinajstić information content (AvgIpc) is 2.81. The number of carbonyl (C=O) groups excluding carboxylic acids is 1. The van der Waals surface area contributed by atoms with E-state index in [1.807, 2.05) is 30.4 Å². The Labute approximate surface area is 194 Å². The predicted molar refractivity (Wildman–Crippen MR) is 129 cm³/mol. The molecule has 2 heterocycles. The fraction of sp³-hybridized carbons (Fsp3) is 0.536. The predicted octanol–water partition coefficient (Wildman–Crippen LogP) is 5.33. The standard InChI is InChI=1S/C28H32N2O3/c31-25(28-15-18-11-19(16-28)13-20(12-18)17-28)6-5-23-14-22-3-1-2-4-24(22)29-26(23)30-9-7-21(8-10-30)27(32)33/h1-6,14,18-21H,7-13,15-17H2,(H,32,33)/b6-5+. The van der Waals surface area contributed by atoms with Crippen molar-refractivity contribution in [2.24, 2.45) is 29.1 Å². The SMILES string of the molecule is O=C(O)C1CCN(c2nc3ccccc3cc2/C=C/C(=O)C23CC4CC(CC(C4)C2)C3)CC1. The van der Waals surface area contributed by atoms with Crippen LogP contribution in [0.3, 0.4) is 0 Å². The van der Waals surface area contributed by atoms with Gasteiger partial charge in [-0.2, -0.15) is 0 Å². The number of anilines is 1. The van der Waals surface area contributed by atoms with Crippen LogP contribution in [0.15, 0.2) is 36.4 Å². The minimum absolute atomic E-state index is 0.129. The van der Waals surface area contributed by atoms with Crippen molar-refractivity contribution in [3.05, 3.63) is 42.0 Å². The molecule has 4 aliphatic carbocycles. The summed E-state index contributed by atoms with van der Waals surface area (Å²) in [7, 11) is 0. The first-order valence-electron chi connectivity index (χ1n) is 12.6. The molecular formula is C28H32N2O3. The summed E-state index contributed by atoms with van der Waals surface area (Å²) in [5.41, 5.74) is 1.76. The number of hydrogen-bond acceptors (Lipinski definition) is 4. The van der Waals surface area contributed by atoms with Crippen molar-refractivity contribution in [1.82, 2.24) is 4.98 Å². The highest BCUT2D eigenvalue weighted by molar-refractivity contribution is 5.99. The van der Waals surface area contributed by atoms with Gasteiger partial charge in [0, 0.05) is 29.5 Å². The molecule has 0 spiro atoms. The van der Waals surface area contributed by atoms with Crippen LogP contribution < -0.4 is 4.90 Å². The van der Waals surface area contributed by atoms with E-state index in [0.29, 0.717) is 31.7 Å². The van der Waals surface area contributed by atoms with E-state index in [1.54, 1.807) is 0 Å². The van der Waals surface area contributed by atoms with Gasteiger partial charge < -0.3 is 10.0 Å². The molecule has 4 saturated carbocycles. The summed E-state index contributed by atoms with van der Waals surface area (Å²) in [5, 5.41) is 10.4. The number of aromatic nitrogens is 1. The number of carboxylic acids is 1. The molecule has 0 unspecified atom stereocenters. The van der Waals surface area contributed by atoms with Gasteiger partial charge in [0.15, 0.2) is 5.78 Å². The monoisotopic (exact) mass is 444 g/mol. The topological polar surface area (TPSA) is 70.5 Å². The van der Waals surface area contributed by atoms with E-state index in [-0.39, 0.29) is 11.3 Å². The molecule has 1 saturated heterocycles. The Kier molecular flexibility index (Phi) is 5.04. The van der Waals surface area contributed by atoms with E-state index in [4.69, 9.17) is 4.98 Å². The van der Waals surface area contributed by atoms with Crippen LogP contribution in [0, 0.1) is 29.1 Å². The van der Waals surface area contributed by atoms with E-state index >= 15 is 0 Å². The number of fused-ring (bicyclic) bond motifs is 1. The van der Waals surface area contributed by atoms with Crippen molar-refractivity contribution in [3.8, 4) is 0 Å². The van der Waals surface area contributed by atoms with E-state index < -0.39 is 5.97 Å². The van der Waals surface area contributed by atoms with Crippen molar-refractivity contribution in [3.63, 3.8) is 0 Å². The first-order valence-corrected chi connectivity index (χ1v) is 12.6. The Balaban J connectivity index is 1.30. The third kappa shape index (κ3) is 3.75. The van der Waals surface area contributed by atoms with Gasteiger partial charge in [0.05, 0.1) is 11.4 Å². The van der Waals surface area contributed by atoms with Crippen molar-refractivity contribution >= 4 is 34.5 Å². The summed E-state index contributed by atoms with van der Waals surface area (Å²) >= 11 is 0. The lowest BCUT2D eigenvalue weighted by molar-refractivity contribution is -0.142. The molecule has 1 aromatic heterocycles. The van der Waals surface area contributed by atoms with Crippen LogP contribution >= 0.6 is 0 Å². The van der Waals surface area contributed by atoms with Crippen molar-refractivity contribution in [1.29, 1.82) is 0 Å². The molecule has 5 aliphatic rings. The third-order valence-corrected chi connectivity index (χ3v) is 8.85. The molecule has 33 heavy (non-hydrogen) atoms. The second-order valence-corrected chi connectivity index (χ2v) is 11.1. The molecule has 1 aliphatic heterocycles. The zero-order valence-corrected chi connectivity index (χ0v) is 19.1. The van der Waals surface area contributed by atoms with Crippen molar-refractivity contribution in [2.75, 3.05) is 18.0 Å². The lowest BCUT2D eigenvalue weighted by Gasteiger charge is -2.55. The van der Waals surface area contributed by atoms with Crippen LogP contribution in [0.5, 0.6) is 0 Å². The number of aliphatic carboxylic acids is 1. The molecule has 5 heteroatoms. The maximum Gasteiger partial charge on any atom is 0.306 e. The molecule has 0 radical (unpaired) electrons. The number of nitrogens with zero attached hydrogens (tertiary/aromatic N) is 2. The minimum Gasteiger partial charge on any atom is -0.481 e. The normalized spacial score (nSPS) is 31.5. The number of carbonyl (C=O) groups is 2. The highest BCUT2D eigenvalue weighted by atomic mass is 16.4. The number of pyridine rings is 1. The van der Waals surface area contributed by atoms with Gasteiger partial charge in [-0.1, -0.05) is 18.2 Å². The van der Waals surface area contributed by atoms with Crippen LogP contribution in [0.2, 0.25) is 0 Å². The van der Waals surface area contributed by atoms with Gasteiger partial charge in [-0.25, -0.2) is 4.98 Å². The summed E-state index contributed by atoms with van der Waals surface area (Å²) in [6, 6.07) is 10.2. The molecule has 5 fully saturated rings. The first kappa shape index (κ1) is 20.9. The van der Waals surface area contributed by atoms with Crippen molar-refractivity contribution < 1.29 is 14.7 Å². The van der Waals surface area contributed by atoms with Gasteiger partial charge in [-0.05, 0) is 93.4 Å². The van der Waals surface area contributed by atoms with Gasteiger partial charge in [0.1, 0.15) is 5.82 Å². The summed E-state index contributed by atoms with van der Waals surface area (Å²) in [4.78, 5) is 32.1. The molecular weight excluding hydrogens is 412 g/mol. The van der Waals surface area contributed by atoms with E-state index in [1.165, 1.54) is 19.3 Å². The summed E-state index contributed by atoms with van der Waals surface area (Å²) in [6.07, 6.45) is 12.3. The van der Waals surface area contributed by atoms with Crippen LogP contribution in [-0.4, -0.2) is 34.9 Å². The van der Waals surface area contributed by atoms with Gasteiger partial charge in [-0.15, -0.1) is 0 Å². The molecule has 5 nitrogen and oxygen atoms in total. The quantitative estimate of drug-likeness (QED) is 0.631. The number of carboxylic acid groups (broad SMARTS) is 1. The van der Waals surface area contributed by atoms with Crippen LogP contribution in [-0.2, 0) is 9.59 Å². The number of benzene rings is 1. The number of para-hydroxylation sites is 1. The molecule has 172 valence electrons. The van der Waals surface area contributed by atoms with Gasteiger partial charge in [0.25, 0.3) is 0 Å². The summed E-state index contributed by atoms with van der Waals surface area (Å²) < 4.78 is 0. The maximum atomic E-state index is 13.6. The van der Waals surface area contributed by atoms with E-state index in [9.17, 15) is 14.7 Å². The number of piperidine rings is 1. The number of ketones is 1. The highest BCUT2D eigenvalue weighted by Gasteiger charge is 2.53. The molecule has 1 aromatic carbocycles. The van der Waals surface area contributed by atoms with Crippen LogP contribution in [0.1, 0.15) is 56.9 Å². The maximum absolute atomic E-state index is 13.6. The van der Waals surface area contributed by atoms with Gasteiger partial charge >= 0.3 is 5.97 Å². The van der Waals surface area contributed by atoms with Crippen LogP contribution in [0.4, 0.5) is 5.82 Å². The first-order chi connectivity index (χ1) is 16.0. The largest absolute Gasteiger partial charge is 0.481 e. The Morgan fingerprint density at radius 1 is 1.00 bits per heavy atom. The lowest BCUT2D eigenvalue weighted by atomic mass is 9.48. The highest BCUT2D eigenvalue weighted by Crippen LogP contribution is 2.60. The minimum atomic E-state index is -0.706. The Morgan fingerprint density at radius 2 is 1.64 bits per heavy atom. The third-order valence-electron chi connectivity index (χ3n) is 8.85. The average molecular weight is 445 g/mol. The lowest BCUT2D eigenvalue weighted by Crippen LogP contribution is -2.49. The second kappa shape index (κ2) is 7.96. The number of rotatable bonds is 5. The number of hydrogen-bond donors (Lipinski definition) is 1. The molecule has 0 amide bonds. The Bertz CT molecular complexity index is 1090. The van der Waals surface area contributed by atoms with Gasteiger partial charge in [0.2, 0.25) is 0 Å². The Hall–Kier alpha value is -2.69. The summed E-state index contributed by atoms with van der Waals surface area (Å²) in [5.74, 6) is 2.45. The Morgan fingerprint density at radius 3 is 2.27 bits per heavy atom. The zero-order valence-electron chi connectivity index (χ0n) is 19.1.